The second-order valence-corrected chi connectivity index (χ2v) is 6.04. The zero-order valence-corrected chi connectivity index (χ0v) is 14.4. The topological polar surface area (TPSA) is 55.4 Å². The molecular formula is C16H12BrClFNO3. The van der Waals surface area contributed by atoms with Crippen LogP contribution >= 0.6 is 27.5 Å². The van der Waals surface area contributed by atoms with Crippen molar-refractivity contribution in [3.05, 3.63) is 62.8 Å². The minimum Gasteiger partial charge on any atom is -0.452 e. The third-order valence-corrected chi connectivity index (χ3v) is 3.84. The molecule has 0 bridgehead atoms. The number of nitrogens with one attached hydrogen (secondary N) is 1. The van der Waals surface area contributed by atoms with Gasteiger partial charge in [0.1, 0.15) is 5.82 Å². The van der Waals surface area contributed by atoms with Gasteiger partial charge in [0, 0.05) is 15.2 Å². The molecule has 0 aliphatic carbocycles. The van der Waals surface area contributed by atoms with Crippen LogP contribution in [0.1, 0.15) is 15.9 Å². The number of aryl methyl sites for hydroxylation is 1. The molecule has 0 unspecified atom stereocenters. The molecule has 0 aliphatic rings. The zero-order chi connectivity index (χ0) is 17.0. The lowest BCUT2D eigenvalue weighted by Gasteiger charge is -2.08. The third-order valence-electron chi connectivity index (χ3n) is 2.94. The van der Waals surface area contributed by atoms with E-state index in [1.54, 1.807) is 18.2 Å². The van der Waals surface area contributed by atoms with E-state index in [2.05, 4.69) is 21.2 Å². The number of hydrogen-bond donors (Lipinski definition) is 1. The lowest BCUT2D eigenvalue weighted by Crippen LogP contribution is -2.21. The van der Waals surface area contributed by atoms with Crippen molar-refractivity contribution in [2.45, 2.75) is 6.92 Å². The van der Waals surface area contributed by atoms with Gasteiger partial charge in [0.15, 0.2) is 6.61 Å². The Morgan fingerprint density at radius 1 is 1.26 bits per heavy atom. The van der Waals surface area contributed by atoms with Crippen LogP contribution in [0.3, 0.4) is 0 Å². The molecule has 0 fully saturated rings. The fourth-order valence-corrected chi connectivity index (χ4v) is 2.27. The van der Waals surface area contributed by atoms with Gasteiger partial charge in [0.25, 0.3) is 5.91 Å². The average molecular weight is 401 g/mol. The van der Waals surface area contributed by atoms with Gasteiger partial charge in [-0.15, -0.1) is 0 Å². The van der Waals surface area contributed by atoms with Gasteiger partial charge in [0.05, 0.1) is 5.56 Å². The lowest BCUT2D eigenvalue weighted by atomic mass is 10.2. The van der Waals surface area contributed by atoms with Gasteiger partial charge in [-0.05, 0) is 42.8 Å². The maximum Gasteiger partial charge on any atom is 0.341 e. The highest BCUT2D eigenvalue weighted by Gasteiger charge is 2.15. The van der Waals surface area contributed by atoms with E-state index in [1.807, 2.05) is 6.92 Å². The summed E-state index contributed by atoms with van der Waals surface area (Å²) in [4.78, 5) is 23.6. The number of halogens is 3. The van der Waals surface area contributed by atoms with Crippen molar-refractivity contribution in [1.29, 1.82) is 0 Å². The molecule has 0 aromatic heterocycles. The molecule has 2 aromatic rings. The standard InChI is InChI=1S/C16H12BrClFNO3/c1-9-2-4-11(7-13(9)18)20-15(21)8-23-16(22)12-6-10(17)3-5-14(12)19/h2-7H,8H2,1H3,(H,20,21). The van der Waals surface area contributed by atoms with Crippen molar-refractivity contribution >= 4 is 45.1 Å². The number of benzene rings is 2. The number of carbonyl (C=O) groups is 2. The fourth-order valence-electron chi connectivity index (χ4n) is 1.73. The number of amides is 1. The molecule has 23 heavy (non-hydrogen) atoms. The van der Waals surface area contributed by atoms with Crippen molar-refractivity contribution in [1.82, 2.24) is 0 Å². The number of carbonyl (C=O) groups excluding carboxylic acids is 2. The number of esters is 1. The molecule has 0 saturated heterocycles. The van der Waals surface area contributed by atoms with Crippen molar-refractivity contribution in [2.24, 2.45) is 0 Å². The van der Waals surface area contributed by atoms with Gasteiger partial charge >= 0.3 is 5.97 Å². The molecule has 1 amide bonds. The molecule has 2 aromatic carbocycles. The van der Waals surface area contributed by atoms with E-state index in [0.29, 0.717) is 15.2 Å². The van der Waals surface area contributed by atoms with Crippen LogP contribution in [0.4, 0.5) is 10.1 Å². The van der Waals surface area contributed by atoms with Gasteiger partial charge in [-0.25, -0.2) is 9.18 Å². The van der Waals surface area contributed by atoms with Crippen molar-refractivity contribution < 1.29 is 18.7 Å². The Kier molecular flexibility index (Phi) is 5.74. The second-order valence-electron chi connectivity index (χ2n) is 4.71. The van der Waals surface area contributed by atoms with Gasteiger partial charge in [-0.2, -0.15) is 0 Å². The number of rotatable bonds is 4. The van der Waals surface area contributed by atoms with Crippen LogP contribution in [0, 0.1) is 12.7 Å². The van der Waals surface area contributed by atoms with E-state index in [4.69, 9.17) is 16.3 Å². The largest absolute Gasteiger partial charge is 0.452 e. The summed E-state index contributed by atoms with van der Waals surface area (Å²) >= 11 is 9.09. The number of ether oxygens (including phenoxy) is 1. The molecule has 7 heteroatoms. The van der Waals surface area contributed by atoms with E-state index < -0.39 is 24.3 Å². The lowest BCUT2D eigenvalue weighted by molar-refractivity contribution is -0.119. The van der Waals surface area contributed by atoms with E-state index in [9.17, 15) is 14.0 Å². The third kappa shape index (κ3) is 4.77. The van der Waals surface area contributed by atoms with E-state index in [0.717, 1.165) is 11.6 Å². The predicted octanol–water partition coefficient (Wildman–Crippen LogP) is 4.35. The fraction of sp³-hybridized carbons (Fsp3) is 0.125. The minimum atomic E-state index is -0.916. The first-order valence-electron chi connectivity index (χ1n) is 6.55. The van der Waals surface area contributed by atoms with Crippen LogP contribution in [0.15, 0.2) is 40.9 Å². The molecular weight excluding hydrogens is 389 g/mol. The average Bonchev–Trinajstić information content (AvgIpc) is 2.51. The van der Waals surface area contributed by atoms with E-state index in [1.165, 1.54) is 12.1 Å². The summed E-state index contributed by atoms with van der Waals surface area (Å²) < 4.78 is 18.9. The smallest absolute Gasteiger partial charge is 0.341 e. The maximum absolute atomic E-state index is 13.5. The molecule has 0 atom stereocenters. The minimum absolute atomic E-state index is 0.245. The van der Waals surface area contributed by atoms with Crippen LogP contribution in [-0.2, 0) is 9.53 Å². The molecule has 2 rings (SSSR count). The normalized spacial score (nSPS) is 10.3. The van der Waals surface area contributed by atoms with Gasteiger partial charge in [0.2, 0.25) is 0 Å². The van der Waals surface area contributed by atoms with E-state index >= 15 is 0 Å². The second kappa shape index (κ2) is 7.57. The number of hydrogen-bond acceptors (Lipinski definition) is 3. The van der Waals surface area contributed by atoms with Gasteiger partial charge < -0.3 is 10.1 Å². The number of anilines is 1. The van der Waals surface area contributed by atoms with Crippen molar-refractivity contribution in [3.63, 3.8) is 0 Å². The Balaban J connectivity index is 1.94. The van der Waals surface area contributed by atoms with Crippen LogP contribution < -0.4 is 5.32 Å². The summed E-state index contributed by atoms with van der Waals surface area (Å²) in [7, 11) is 0. The Bertz CT molecular complexity index is 767. The molecule has 0 saturated carbocycles. The summed E-state index contributed by atoms with van der Waals surface area (Å²) in [6.07, 6.45) is 0. The summed E-state index contributed by atoms with van der Waals surface area (Å²) in [6, 6.07) is 8.89. The maximum atomic E-state index is 13.5. The molecule has 0 aliphatic heterocycles. The van der Waals surface area contributed by atoms with Gasteiger partial charge in [-0.1, -0.05) is 33.6 Å². The van der Waals surface area contributed by atoms with Crippen molar-refractivity contribution in [2.75, 3.05) is 11.9 Å². The predicted molar refractivity (Wildman–Crippen MR) is 89.2 cm³/mol. The summed E-state index contributed by atoms with van der Waals surface area (Å²) in [5, 5.41) is 3.05. The van der Waals surface area contributed by atoms with E-state index in [-0.39, 0.29) is 5.56 Å². The Morgan fingerprint density at radius 2 is 2.00 bits per heavy atom. The molecule has 1 N–H and O–H groups in total. The highest BCUT2D eigenvalue weighted by atomic mass is 79.9. The van der Waals surface area contributed by atoms with Crippen LogP contribution in [0.25, 0.3) is 0 Å². The summed E-state index contributed by atoms with van der Waals surface area (Å²) in [6.45, 7) is 1.30. The first kappa shape index (κ1) is 17.4. The molecule has 4 nitrogen and oxygen atoms in total. The first-order chi connectivity index (χ1) is 10.9. The van der Waals surface area contributed by atoms with Crippen LogP contribution in [-0.4, -0.2) is 18.5 Å². The molecule has 0 radical (unpaired) electrons. The Hall–Kier alpha value is -1.92. The first-order valence-corrected chi connectivity index (χ1v) is 7.72. The van der Waals surface area contributed by atoms with Crippen LogP contribution in [0.5, 0.6) is 0 Å². The van der Waals surface area contributed by atoms with Crippen molar-refractivity contribution in [3.8, 4) is 0 Å². The summed E-state index contributed by atoms with van der Waals surface area (Å²) in [5.74, 6) is -2.18. The highest BCUT2D eigenvalue weighted by Crippen LogP contribution is 2.20. The zero-order valence-electron chi connectivity index (χ0n) is 12.0. The van der Waals surface area contributed by atoms with Crippen LogP contribution in [0.2, 0.25) is 5.02 Å². The molecule has 0 spiro atoms. The Morgan fingerprint density at radius 3 is 2.70 bits per heavy atom. The monoisotopic (exact) mass is 399 g/mol. The highest BCUT2D eigenvalue weighted by molar-refractivity contribution is 9.10. The van der Waals surface area contributed by atoms with Gasteiger partial charge in [-0.3, -0.25) is 4.79 Å². The quantitative estimate of drug-likeness (QED) is 0.777. The molecule has 0 heterocycles. The molecule has 120 valence electrons. The Labute approximate surface area is 145 Å². The summed E-state index contributed by atoms with van der Waals surface area (Å²) in [5.41, 5.74) is 1.11. The SMILES string of the molecule is Cc1ccc(NC(=O)COC(=O)c2cc(Br)ccc2F)cc1Cl.